The zero-order valence-corrected chi connectivity index (χ0v) is 16.3. The predicted molar refractivity (Wildman–Crippen MR) is 100 cm³/mol. The molecular weight excluding hydrogens is 354 g/mol. The van der Waals surface area contributed by atoms with Crippen LogP contribution in [0.2, 0.25) is 5.28 Å². The molecule has 1 N–H and O–H groups in total. The number of nitrogens with zero attached hydrogens (tertiary/aromatic N) is 5. The Morgan fingerprint density at radius 3 is 2.54 bits per heavy atom. The number of carboxylic acid groups (broad SMARTS) is 1. The van der Waals surface area contributed by atoms with Crippen LogP contribution in [0.3, 0.4) is 0 Å². The molecule has 1 saturated carbocycles. The Labute approximate surface area is 158 Å². The third-order valence-corrected chi connectivity index (χ3v) is 5.41. The molecule has 26 heavy (non-hydrogen) atoms. The van der Waals surface area contributed by atoms with Gasteiger partial charge in [-0.1, -0.05) is 0 Å². The van der Waals surface area contributed by atoms with E-state index in [-0.39, 0.29) is 10.8 Å². The van der Waals surface area contributed by atoms with Crippen LogP contribution in [0.25, 0.3) is 11.0 Å². The van der Waals surface area contributed by atoms with Crippen LogP contribution in [-0.4, -0.2) is 47.9 Å². The third kappa shape index (κ3) is 4.26. The molecule has 0 radical (unpaired) electrons. The highest BCUT2D eigenvalue weighted by Crippen LogP contribution is 2.32. The number of halogens is 1. The molecule has 0 aromatic carbocycles. The number of hydrogen-bond donors (Lipinski definition) is 1. The first-order valence-electron chi connectivity index (χ1n) is 9.08. The van der Waals surface area contributed by atoms with Crippen molar-refractivity contribution in [1.82, 2.24) is 24.6 Å². The van der Waals surface area contributed by atoms with E-state index in [1.165, 1.54) is 0 Å². The summed E-state index contributed by atoms with van der Waals surface area (Å²) >= 11 is 5.90. The van der Waals surface area contributed by atoms with Crippen molar-refractivity contribution in [3.8, 4) is 0 Å². The Balaban J connectivity index is 1.58. The molecule has 0 saturated heterocycles. The van der Waals surface area contributed by atoms with E-state index in [2.05, 4.69) is 15.1 Å². The Kier molecular flexibility index (Phi) is 5.37. The standard InChI is InChI=1S/C18H26ClN5O2/c1-18(2,3)23(17(25)26)10-12-4-6-13(7-5-12)11-24-15-14(9-21-24)8-20-16(19)22-15/h8-9,12-13H,4-7,10-11H2,1-3H3,(H,25,26). The van der Waals surface area contributed by atoms with Crippen LogP contribution in [0, 0.1) is 11.8 Å². The lowest BCUT2D eigenvalue weighted by Gasteiger charge is -2.38. The van der Waals surface area contributed by atoms with Crippen molar-refractivity contribution in [2.75, 3.05) is 6.54 Å². The lowest BCUT2D eigenvalue weighted by molar-refractivity contribution is 0.0789. The quantitative estimate of drug-likeness (QED) is 0.809. The van der Waals surface area contributed by atoms with Gasteiger partial charge in [0.05, 0.1) is 11.6 Å². The minimum absolute atomic E-state index is 0.235. The lowest BCUT2D eigenvalue weighted by Crippen LogP contribution is -2.47. The fraction of sp³-hybridized carbons (Fsp3) is 0.667. The monoisotopic (exact) mass is 379 g/mol. The van der Waals surface area contributed by atoms with Crippen LogP contribution in [0.5, 0.6) is 0 Å². The van der Waals surface area contributed by atoms with Crippen LogP contribution in [0.15, 0.2) is 12.4 Å². The summed E-state index contributed by atoms with van der Waals surface area (Å²) in [6.45, 7) is 7.26. The van der Waals surface area contributed by atoms with Gasteiger partial charge in [0.15, 0.2) is 5.65 Å². The highest BCUT2D eigenvalue weighted by Gasteiger charge is 2.31. The number of amides is 1. The van der Waals surface area contributed by atoms with Crippen molar-refractivity contribution in [1.29, 1.82) is 0 Å². The zero-order valence-electron chi connectivity index (χ0n) is 15.5. The topological polar surface area (TPSA) is 84.1 Å². The first kappa shape index (κ1) is 18.9. The van der Waals surface area contributed by atoms with Crippen molar-refractivity contribution in [3.63, 3.8) is 0 Å². The number of carbonyl (C=O) groups is 1. The zero-order chi connectivity index (χ0) is 18.9. The average Bonchev–Trinajstić information content (AvgIpc) is 2.95. The number of aromatic nitrogens is 4. The van der Waals surface area contributed by atoms with Gasteiger partial charge in [-0.25, -0.2) is 14.5 Å². The molecule has 0 aliphatic heterocycles. The normalized spacial score (nSPS) is 21.1. The molecule has 0 spiro atoms. The van der Waals surface area contributed by atoms with E-state index in [4.69, 9.17) is 11.6 Å². The van der Waals surface area contributed by atoms with Gasteiger partial charge in [-0.3, -0.25) is 0 Å². The summed E-state index contributed by atoms with van der Waals surface area (Å²) in [6, 6.07) is 0. The van der Waals surface area contributed by atoms with Crippen LogP contribution in [0.1, 0.15) is 46.5 Å². The van der Waals surface area contributed by atoms with Crippen LogP contribution in [-0.2, 0) is 6.54 Å². The highest BCUT2D eigenvalue weighted by atomic mass is 35.5. The number of hydrogen-bond acceptors (Lipinski definition) is 4. The van der Waals surface area contributed by atoms with Crippen molar-refractivity contribution in [3.05, 3.63) is 17.7 Å². The Morgan fingerprint density at radius 1 is 1.27 bits per heavy atom. The highest BCUT2D eigenvalue weighted by molar-refractivity contribution is 6.28. The molecule has 1 fully saturated rings. The molecule has 2 aromatic rings. The van der Waals surface area contributed by atoms with E-state index >= 15 is 0 Å². The van der Waals surface area contributed by atoms with Gasteiger partial charge in [0.2, 0.25) is 5.28 Å². The molecule has 1 aliphatic carbocycles. The smallest absolute Gasteiger partial charge is 0.407 e. The molecule has 7 nitrogen and oxygen atoms in total. The number of rotatable bonds is 4. The van der Waals surface area contributed by atoms with Crippen molar-refractivity contribution in [2.45, 2.75) is 58.5 Å². The molecule has 0 unspecified atom stereocenters. The maximum absolute atomic E-state index is 11.5. The third-order valence-electron chi connectivity index (χ3n) is 5.23. The number of fused-ring (bicyclic) bond motifs is 1. The first-order valence-corrected chi connectivity index (χ1v) is 9.46. The van der Waals surface area contributed by atoms with Gasteiger partial charge in [0, 0.05) is 24.8 Å². The molecule has 2 heterocycles. The Hall–Kier alpha value is -1.89. The predicted octanol–water partition coefficient (Wildman–Crippen LogP) is 4.06. The van der Waals surface area contributed by atoms with Crippen molar-refractivity contribution >= 4 is 28.7 Å². The SMILES string of the molecule is CC(C)(C)N(CC1CCC(Cn2ncc3cnc(Cl)nc32)CC1)C(=O)O. The van der Waals surface area contributed by atoms with Gasteiger partial charge >= 0.3 is 6.09 Å². The lowest BCUT2D eigenvalue weighted by atomic mass is 9.81. The van der Waals surface area contributed by atoms with E-state index in [0.29, 0.717) is 18.4 Å². The van der Waals surface area contributed by atoms with E-state index in [0.717, 1.165) is 43.3 Å². The molecular formula is C18H26ClN5O2. The molecule has 0 bridgehead atoms. The second-order valence-corrected chi connectivity index (χ2v) is 8.53. The largest absolute Gasteiger partial charge is 0.465 e. The Bertz CT molecular complexity index is 777. The molecule has 142 valence electrons. The summed E-state index contributed by atoms with van der Waals surface area (Å²) in [4.78, 5) is 21.4. The molecule has 1 aliphatic rings. The fourth-order valence-corrected chi connectivity index (χ4v) is 3.85. The molecule has 2 aromatic heterocycles. The second kappa shape index (κ2) is 7.39. The van der Waals surface area contributed by atoms with Crippen LogP contribution in [0.4, 0.5) is 4.79 Å². The van der Waals surface area contributed by atoms with Gasteiger partial charge in [-0.2, -0.15) is 10.1 Å². The van der Waals surface area contributed by atoms with E-state index in [1.807, 2.05) is 25.5 Å². The van der Waals surface area contributed by atoms with Crippen molar-refractivity contribution < 1.29 is 9.90 Å². The van der Waals surface area contributed by atoms with Gasteiger partial charge in [0.1, 0.15) is 0 Å². The van der Waals surface area contributed by atoms with Crippen molar-refractivity contribution in [2.24, 2.45) is 11.8 Å². The summed E-state index contributed by atoms with van der Waals surface area (Å²) < 4.78 is 1.91. The molecule has 3 rings (SSSR count). The van der Waals surface area contributed by atoms with Crippen LogP contribution < -0.4 is 0 Å². The molecule has 1 amide bonds. The van der Waals surface area contributed by atoms with Gasteiger partial charge in [0.25, 0.3) is 0 Å². The minimum atomic E-state index is -0.834. The van der Waals surface area contributed by atoms with Crippen LogP contribution >= 0.6 is 11.6 Å². The minimum Gasteiger partial charge on any atom is -0.465 e. The van der Waals surface area contributed by atoms with E-state index < -0.39 is 6.09 Å². The summed E-state index contributed by atoms with van der Waals surface area (Å²) in [6.07, 6.45) is 6.85. The maximum Gasteiger partial charge on any atom is 0.407 e. The fourth-order valence-electron chi connectivity index (χ4n) is 3.72. The average molecular weight is 380 g/mol. The molecule has 8 heteroatoms. The first-order chi connectivity index (χ1) is 12.2. The van der Waals surface area contributed by atoms with E-state index in [1.54, 1.807) is 17.3 Å². The summed E-state index contributed by atoms with van der Waals surface area (Å²) in [5.74, 6) is 0.948. The Morgan fingerprint density at radius 2 is 1.92 bits per heavy atom. The van der Waals surface area contributed by atoms with Gasteiger partial charge < -0.3 is 10.0 Å². The maximum atomic E-state index is 11.5. The molecule has 0 atom stereocenters. The van der Waals surface area contributed by atoms with Gasteiger partial charge in [-0.15, -0.1) is 0 Å². The summed E-state index contributed by atoms with van der Waals surface area (Å²) in [7, 11) is 0. The van der Waals surface area contributed by atoms with Gasteiger partial charge in [-0.05, 0) is 69.9 Å². The van der Waals surface area contributed by atoms with E-state index in [9.17, 15) is 9.90 Å². The summed E-state index contributed by atoms with van der Waals surface area (Å²) in [5, 5.41) is 15.0. The summed E-state index contributed by atoms with van der Waals surface area (Å²) in [5.41, 5.74) is 0.409. The second-order valence-electron chi connectivity index (χ2n) is 8.20.